The van der Waals surface area contributed by atoms with Crippen LogP contribution in [-0.4, -0.2) is 37.0 Å². The summed E-state index contributed by atoms with van der Waals surface area (Å²) in [7, 11) is 0. The van der Waals surface area contributed by atoms with Crippen molar-refractivity contribution in [3.05, 3.63) is 0 Å². The zero-order valence-electron chi connectivity index (χ0n) is 7.44. The first-order valence-corrected chi connectivity index (χ1v) is 4.87. The molecule has 0 radical (unpaired) electrons. The molecule has 74 valence electrons. The van der Waals surface area contributed by atoms with Gasteiger partial charge < -0.3 is 19.3 Å². The van der Waals surface area contributed by atoms with Gasteiger partial charge in [-0.2, -0.15) is 0 Å². The van der Waals surface area contributed by atoms with Crippen molar-refractivity contribution < 1.29 is 19.3 Å². The Kier molecular flexibility index (Phi) is 1.68. The third kappa shape index (κ3) is 1.13. The molecule has 2 aliphatic heterocycles. The van der Waals surface area contributed by atoms with Gasteiger partial charge in [0.15, 0.2) is 12.1 Å². The summed E-state index contributed by atoms with van der Waals surface area (Å²) in [4.78, 5) is 0. The first-order chi connectivity index (χ1) is 6.29. The maximum Gasteiger partial charge on any atom is 0.169 e. The van der Waals surface area contributed by atoms with Crippen LogP contribution in [0.4, 0.5) is 0 Å². The normalized spacial score (nSPS) is 47.3. The summed E-state index contributed by atoms with van der Waals surface area (Å²) in [5.74, 6) is 0.270. The molecule has 0 bridgehead atoms. The van der Waals surface area contributed by atoms with E-state index in [0.717, 1.165) is 12.8 Å². The van der Waals surface area contributed by atoms with Gasteiger partial charge in [-0.05, 0) is 5.92 Å². The maximum atomic E-state index is 9.51. The number of hydrogen-bond acceptors (Lipinski definition) is 4. The molecular weight excluding hydrogens is 172 g/mol. The fourth-order valence-electron chi connectivity index (χ4n) is 2.75. The van der Waals surface area contributed by atoms with Crippen molar-refractivity contribution in [3.8, 4) is 0 Å². The number of fused-ring (bicyclic) bond motifs is 1. The van der Waals surface area contributed by atoms with Crippen molar-refractivity contribution in [3.63, 3.8) is 0 Å². The summed E-state index contributed by atoms with van der Waals surface area (Å²) >= 11 is 0. The van der Waals surface area contributed by atoms with Gasteiger partial charge in [0.1, 0.15) is 0 Å². The van der Waals surface area contributed by atoms with Gasteiger partial charge in [0.05, 0.1) is 19.8 Å². The number of aliphatic hydroxyl groups excluding tert-OH is 1. The zero-order chi connectivity index (χ0) is 8.89. The van der Waals surface area contributed by atoms with Gasteiger partial charge in [-0.15, -0.1) is 0 Å². The third-order valence-electron chi connectivity index (χ3n) is 3.39. The van der Waals surface area contributed by atoms with Crippen molar-refractivity contribution in [2.75, 3.05) is 19.8 Å². The first kappa shape index (κ1) is 8.17. The molecule has 3 aliphatic rings. The minimum Gasteiger partial charge on any atom is -0.368 e. The fraction of sp³-hybridized carbons (Fsp3) is 1.00. The summed E-state index contributed by atoms with van der Waals surface area (Å²) in [5.41, 5.74) is 0. The van der Waals surface area contributed by atoms with Crippen molar-refractivity contribution in [1.82, 2.24) is 0 Å². The molecule has 2 saturated heterocycles. The smallest absolute Gasteiger partial charge is 0.169 e. The number of rotatable bonds is 0. The van der Waals surface area contributed by atoms with E-state index in [1.807, 2.05) is 0 Å². The van der Waals surface area contributed by atoms with E-state index in [9.17, 15) is 5.11 Å². The Bertz CT molecular complexity index is 212. The fourth-order valence-corrected chi connectivity index (χ4v) is 2.75. The van der Waals surface area contributed by atoms with E-state index in [1.54, 1.807) is 0 Å². The minimum atomic E-state index is -0.600. The van der Waals surface area contributed by atoms with Gasteiger partial charge in [-0.3, -0.25) is 0 Å². The highest BCUT2D eigenvalue weighted by Crippen LogP contribution is 2.48. The molecular formula is C9H14O4. The third-order valence-corrected chi connectivity index (χ3v) is 3.39. The van der Waals surface area contributed by atoms with E-state index < -0.39 is 6.29 Å². The van der Waals surface area contributed by atoms with Crippen molar-refractivity contribution >= 4 is 0 Å². The van der Waals surface area contributed by atoms with Gasteiger partial charge in [0.25, 0.3) is 0 Å². The standard InChI is InChI=1S/C9H14O4/c10-8-7-4-9(12-1-2-13-9)3-6(7)5-11-8/h6-8,10H,1-5H2. The molecule has 1 saturated carbocycles. The average Bonchev–Trinajstić information content (AvgIpc) is 2.76. The van der Waals surface area contributed by atoms with Crippen LogP contribution in [-0.2, 0) is 14.2 Å². The topological polar surface area (TPSA) is 47.9 Å². The summed E-state index contributed by atoms with van der Waals surface area (Å²) in [6.45, 7) is 2.03. The van der Waals surface area contributed by atoms with Crippen LogP contribution < -0.4 is 0 Å². The molecule has 1 spiro atoms. The van der Waals surface area contributed by atoms with Crippen LogP contribution >= 0.6 is 0 Å². The lowest BCUT2D eigenvalue weighted by Crippen LogP contribution is -2.28. The van der Waals surface area contributed by atoms with E-state index in [-0.39, 0.29) is 11.7 Å². The molecule has 3 atom stereocenters. The van der Waals surface area contributed by atoms with Crippen LogP contribution in [0.15, 0.2) is 0 Å². The molecule has 13 heavy (non-hydrogen) atoms. The highest BCUT2D eigenvalue weighted by atomic mass is 16.7. The highest BCUT2D eigenvalue weighted by molar-refractivity contribution is 4.95. The number of hydrogen-bond donors (Lipinski definition) is 1. The van der Waals surface area contributed by atoms with Gasteiger partial charge in [0.2, 0.25) is 0 Å². The monoisotopic (exact) mass is 186 g/mol. The van der Waals surface area contributed by atoms with Gasteiger partial charge >= 0.3 is 0 Å². The average molecular weight is 186 g/mol. The van der Waals surface area contributed by atoms with Gasteiger partial charge in [-0.1, -0.05) is 0 Å². The maximum absolute atomic E-state index is 9.51. The molecule has 3 unspecified atom stereocenters. The molecule has 4 nitrogen and oxygen atoms in total. The van der Waals surface area contributed by atoms with Gasteiger partial charge in [-0.25, -0.2) is 0 Å². The van der Waals surface area contributed by atoms with Crippen LogP contribution in [0.1, 0.15) is 12.8 Å². The lowest BCUT2D eigenvalue weighted by atomic mass is 10.00. The second kappa shape index (κ2) is 2.67. The van der Waals surface area contributed by atoms with Crippen LogP contribution in [0.3, 0.4) is 0 Å². The van der Waals surface area contributed by atoms with Crippen molar-refractivity contribution in [2.24, 2.45) is 11.8 Å². The van der Waals surface area contributed by atoms with Crippen LogP contribution in [0, 0.1) is 11.8 Å². The molecule has 0 amide bonds. The Hall–Kier alpha value is -0.160. The Morgan fingerprint density at radius 3 is 2.62 bits per heavy atom. The highest BCUT2D eigenvalue weighted by Gasteiger charge is 2.54. The second-order valence-corrected chi connectivity index (χ2v) is 4.16. The first-order valence-electron chi connectivity index (χ1n) is 4.87. The SMILES string of the molecule is OC1OCC2CC3(CC21)OCCO3. The quantitative estimate of drug-likeness (QED) is 0.583. The molecule has 2 heterocycles. The van der Waals surface area contributed by atoms with Crippen LogP contribution in [0.5, 0.6) is 0 Å². The summed E-state index contributed by atoms with van der Waals surface area (Å²) in [6.07, 6.45) is 1.07. The van der Waals surface area contributed by atoms with Gasteiger partial charge in [0, 0.05) is 18.8 Å². The lowest BCUT2D eigenvalue weighted by Gasteiger charge is -2.23. The summed E-state index contributed by atoms with van der Waals surface area (Å²) in [5, 5.41) is 9.51. The summed E-state index contributed by atoms with van der Waals surface area (Å²) in [6, 6.07) is 0. The van der Waals surface area contributed by atoms with Crippen LogP contribution in [0.2, 0.25) is 0 Å². The minimum absolute atomic E-state index is 0.220. The van der Waals surface area contributed by atoms with Crippen LogP contribution in [0.25, 0.3) is 0 Å². The second-order valence-electron chi connectivity index (χ2n) is 4.16. The van der Waals surface area contributed by atoms with E-state index in [1.165, 1.54) is 0 Å². The predicted molar refractivity (Wildman–Crippen MR) is 42.8 cm³/mol. The molecule has 1 N–H and O–H groups in total. The molecule has 0 aromatic carbocycles. The largest absolute Gasteiger partial charge is 0.368 e. The molecule has 4 heteroatoms. The molecule has 3 fully saturated rings. The Balaban J connectivity index is 1.78. The van der Waals surface area contributed by atoms with E-state index in [2.05, 4.69) is 0 Å². The van der Waals surface area contributed by atoms with Crippen molar-refractivity contribution in [1.29, 1.82) is 0 Å². The Labute approximate surface area is 76.8 Å². The number of aliphatic hydroxyl groups is 1. The molecule has 0 aromatic rings. The predicted octanol–water partition coefficient (Wildman–Crippen LogP) is 0.104. The van der Waals surface area contributed by atoms with Crippen molar-refractivity contribution in [2.45, 2.75) is 24.9 Å². The Morgan fingerprint density at radius 1 is 1.15 bits per heavy atom. The van der Waals surface area contributed by atoms with E-state index in [4.69, 9.17) is 14.2 Å². The Morgan fingerprint density at radius 2 is 1.92 bits per heavy atom. The number of ether oxygens (including phenoxy) is 3. The molecule has 0 aromatic heterocycles. The zero-order valence-corrected chi connectivity index (χ0v) is 7.44. The van der Waals surface area contributed by atoms with E-state index in [0.29, 0.717) is 25.7 Å². The lowest BCUT2D eigenvalue weighted by molar-refractivity contribution is -0.172. The summed E-state index contributed by atoms with van der Waals surface area (Å²) < 4.78 is 16.4. The molecule has 3 rings (SSSR count). The van der Waals surface area contributed by atoms with E-state index >= 15 is 0 Å². The molecule has 1 aliphatic carbocycles.